The monoisotopic (exact) mass is 442 g/mol. The molecule has 6 nitrogen and oxygen atoms in total. The standard InChI is InChI=1S/C24H34N4O2S/c1-18(2)22(26-23(29)21-9-5-16-31-21)24(30)25-10-6-11-27-12-14-28(15-13-27)20-8-4-7-19(3)17-20/h4-5,7-9,16-18,22H,6,10-15H2,1-3H3,(H,25,30)(H,26,29). The second-order valence-electron chi connectivity index (χ2n) is 8.48. The molecule has 7 heteroatoms. The Hall–Kier alpha value is -2.38. The molecule has 0 saturated carbocycles. The third kappa shape index (κ3) is 6.80. The highest BCUT2D eigenvalue weighted by Crippen LogP contribution is 2.17. The predicted molar refractivity (Wildman–Crippen MR) is 128 cm³/mol. The minimum atomic E-state index is -0.521. The quantitative estimate of drug-likeness (QED) is 0.586. The number of amides is 2. The number of rotatable bonds is 9. The maximum atomic E-state index is 12.6. The molecule has 2 amide bonds. The number of carbonyl (C=O) groups is 2. The van der Waals surface area contributed by atoms with Crippen LogP contribution < -0.4 is 15.5 Å². The zero-order valence-electron chi connectivity index (χ0n) is 18.8. The second kappa shape index (κ2) is 11.3. The van der Waals surface area contributed by atoms with Crippen molar-refractivity contribution in [3.05, 3.63) is 52.2 Å². The molecule has 1 aliphatic rings. The SMILES string of the molecule is Cc1cccc(N2CCN(CCCNC(=O)C(NC(=O)c3cccs3)C(C)C)CC2)c1. The van der Waals surface area contributed by atoms with Gasteiger partial charge in [-0.15, -0.1) is 11.3 Å². The number of nitrogens with one attached hydrogen (secondary N) is 2. The summed E-state index contributed by atoms with van der Waals surface area (Å²) in [5, 5.41) is 7.75. The van der Waals surface area contributed by atoms with E-state index in [-0.39, 0.29) is 17.7 Å². The smallest absolute Gasteiger partial charge is 0.262 e. The highest BCUT2D eigenvalue weighted by atomic mass is 32.1. The Kier molecular flexibility index (Phi) is 8.49. The van der Waals surface area contributed by atoms with E-state index in [0.717, 1.165) is 39.1 Å². The summed E-state index contributed by atoms with van der Waals surface area (Å²) < 4.78 is 0. The van der Waals surface area contributed by atoms with E-state index >= 15 is 0 Å². The second-order valence-corrected chi connectivity index (χ2v) is 9.43. The molecule has 1 aromatic heterocycles. The average molecular weight is 443 g/mol. The summed E-state index contributed by atoms with van der Waals surface area (Å²) in [6.45, 7) is 11.7. The van der Waals surface area contributed by atoms with Gasteiger partial charge in [0.05, 0.1) is 4.88 Å². The van der Waals surface area contributed by atoms with Crippen LogP contribution in [0.2, 0.25) is 0 Å². The molecule has 2 heterocycles. The Morgan fingerprint density at radius 1 is 1.10 bits per heavy atom. The Morgan fingerprint density at radius 2 is 1.87 bits per heavy atom. The highest BCUT2D eigenvalue weighted by Gasteiger charge is 2.25. The highest BCUT2D eigenvalue weighted by molar-refractivity contribution is 7.12. The van der Waals surface area contributed by atoms with Crippen LogP contribution in [0.3, 0.4) is 0 Å². The van der Waals surface area contributed by atoms with Crippen molar-refractivity contribution in [2.24, 2.45) is 5.92 Å². The van der Waals surface area contributed by atoms with Crippen LogP contribution in [0.25, 0.3) is 0 Å². The van der Waals surface area contributed by atoms with Gasteiger partial charge in [0.25, 0.3) is 5.91 Å². The number of aryl methyl sites for hydroxylation is 1. The Morgan fingerprint density at radius 3 is 2.52 bits per heavy atom. The first-order valence-electron chi connectivity index (χ1n) is 11.1. The molecule has 1 saturated heterocycles. The minimum absolute atomic E-state index is 0.0265. The van der Waals surface area contributed by atoms with Crippen molar-refractivity contribution in [1.82, 2.24) is 15.5 Å². The van der Waals surface area contributed by atoms with E-state index < -0.39 is 6.04 Å². The lowest BCUT2D eigenvalue weighted by atomic mass is 10.0. The molecule has 2 N–H and O–H groups in total. The van der Waals surface area contributed by atoms with Gasteiger partial charge in [0.15, 0.2) is 0 Å². The summed E-state index contributed by atoms with van der Waals surface area (Å²) >= 11 is 1.38. The van der Waals surface area contributed by atoms with E-state index in [1.807, 2.05) is 25.3 Å². The molecule has 0 aliphatic carbocycles. The number of benzene rings is 1. The van der Waals surface area contributed by atoms with E-state index in [1.165, 1.54) is 22.6 Å². The molecule has 0 spiro atoms. The lowest BCUT2D eigenvalue weighted by Gasteiger charge is -2.36. The zero-order chi connectivity index (χ0) is 22.2. The van der Waals surface area contributed by atoms with Crippen LogP contribution in [0.1, 0.15) is 35.5 Å². The van der Waals surface area contributed by atoms with Gasteiger partial charge in [-0.25, -0.2) is 0 Å². The first-order valence-corrected chi connectivity index (χ1v) is 12.0. The maximum absolute atomic E-state index is 12.6. The van der Waals surface area contributed by atoms with E-state index in [2.05, 4.69) is 51.6 Å². The maximum Gasteiger partial charge on any atom is 0.262 e. The van der Waals surface area contributed by atoms with Crippen LogP contribution in [0.15, 0.2) is 41.8 Å². The summed E-state index contributed by atoms with van der Waals surface area (Å²) in [5.41, 5.74) is 2.60. The molecular weight excluding hydrogens is 408 g/mol. The number of thiophene rings is 1. The number of hydrogen-bond acceptors (Lipinski definition) is 5. The van der Waals surface area contributed by atoms with Crippen LogP contribution in [0.4, 0.5) is 5.69 Å². The van der Waals surface area contributed by atoms with Crippen molar-refractivity contribution in [3.63, 3.8) is 0 Å². The molecule has 168 valence electrons. The van der Waals surface area contributed by atoms with Gasteiger partial charge >= 0.3 is 0 Å². The fourth-order valence-corrected chi connectivity index (χ4v) is 4.46. The topological polar surface area (TPSA) is 64.7 Å². The number of nitrogens with zero attached hydrogens (tertiary/aromatic N) is 2. The number of anilines is 1. The summed E-state index contributed by atoms with van der Waals surface area (Å²) in [6.07, 6.45) is 0.903. The molecule has 3 rings (SSSR count). The van der Waals surface area contributed by atoms with E-state index in [9.17, 15) is 9.59 Å². The van der Waals surface area contributed by atoms with Crippen molar-refractivity contribution in [3.8, 4) is 0 Å². The van der Waals surface area contributed by atoms with Gasteiger partial charge in [-0.05, 0) is 54.9 Å². The minimum Gasteiger partial charge on any atom is -0.369 e. The molecule has 0 bridgehead atoms. The molecule has 1 atom stereocenters. The fourth-order valence-electron chi connectivity index (χ4n) is 3.83. The first-order chi connectivity index (χ1) is 14.9. The molecule has 1 fully saturated rings. The van der Waals surface area contributed by atoms with E-state index in [0.29, 0.717) is 11.4 Å². The summed E-state index contributed by atoms with van der Waals surface area (Å²) in [5.74, 6) is -0.266. The molecule has 31 heavy (non-hydrogen) atoms. The Labute approximate surface area is 189 Å². The largest absolute Gasteiger partial charge is 0.369 e. The normalized spacial score (nSPS) is 15.7. The lowest BCUT2D eigenvalue weighted by Crippen LogP contribution is -2.50. The van der Waals surface area contributed by atoms with Gasteiger partial charge in [-0.1, -0.05) is 32.0 Å². The number of piperazine rings is 1. The summed E-state index contributed by atoms with van der Waals surface area (Å²) in [7, 11) is 0. The third-order valence-electron chi connectivity index (χ3n) is 5.67. The van der Waals surface area contributed by atoms with Crippen molar-refractivity contribution in [1.29, 1.82) is 0 Å². The first kappa shape index (κ1) is 23.3. The van der Waals surface area contributed by atoms with Crippen molar-refractivity contribution in [2.75, 3.05) is 44.2 Å². The Bertz CT molecular complexity index is 845. The summed E-state index contributed by atoms with van der Waals surface area (Å²) in [4.78, 5) is 30.5. The lowest BCUT2D eigenvalue weighted by molar-refractivity contribution is -0.123. The zero-order valence-corrected chi connectivity index (χ0v) is 19.6. The number of carbonyl (C=O) groups excluding carboxylic acids is 2. The predicted octanol–water partition coefficient (Wildman–Crippen LogP) is 3.14. The van der Waals surface area contributed by atoms with Crippen LogP contribution in [0.5, 0.6) is 0 Å². The van der Waals surface area contributed by atoms with Gasteiger partial charge in [-0.3, -0.25) is 14.5 Å². The molecule has 1 aliphatic heterocycles. The van der Waals surface area contributed by atoms with Crippen molar-refractivity contribution < 1.29 is 9.59 Å². The van der Waals surface area contributed by atoms with E-state index in [1.54, 1.807) is 6.07 Å². The van der Waals surface area contributed by atoms with Gasteiger partial charge in [0, 0.05) is 38.4 Å². The van der Waals surface area contributed by atoms with Gasteiger partial charge in [0.1, 0.15) is 6.04 Å². The van der Waals surface area contributed by atoms with Crippen molar-refractivity contribution in [2.45, 2.75) is 33.2 Å². The Balaban J connectivity index is 1.36. The summed E-state index contributed by atoms with van der Waals surface area (Å²) in [6, 6.07) is 11.8. The van der Waals surface area contributed by atoms with Crippen LogP contribution in [-0.2, 0) is 4.79 Å². The molecule has 2 aromatic rings. The molecular formula is C24H34N4O2S. The van der Waals surface area contributed by atoms with E-state index in [4.69, 9.17) is 0 Å². The number of hydrogen-bond donors (Lipinski definition) is 2. The van der Waals surface area contributed by atoms with Crippen LogP contribution >= 0.6 is 11.3 Å². The fraction of sp³-hybridized carbons (Fsp3) is 0.500. The van der Waals surface area contributed by atoms with Gasteiger partial charge in [0.2, 0.25) is 5.91 Å². The van der Waals surface area contributed by atoms with Crippen molar-refractivity contribution >= 4 is 28.8 Å². The molecule has 1 aromatic carbocycles. The van der Waals surface area contributed by atoms with Gasteiger partial charge in [-0.2, -0.15) is 0 Å². The van der Waals surface area contributed by atoms with Crippen LogP contribution in [-0.4, -0.2) is 62.0 Å². The van der Waals surface area contributed by atoms with Gasteiger partial charge < -0.3 is 15.5 Å². The third-order valence-corrected chi connectivity index (χ3v) is 6.54. The van der Waals surface area contributed by atoms with Crippen LogP contribution in [0, 0.1) is 12.8 Å². The average Bonchev–Trinajstić information content (AvgIpc) is 3.30. The molecule has 0 radical (unpaired) electrons. The molecule has 1 unspecified atom stereocenters.